The maximum absolute atomic E-state index is 12.4. The first-order chi connectivity index (χ1) is 8.03. The van der Waals surface area contributed by atoms with Crippen molar-refractivity contribution in [3.63, 3.8) is 0 Å². The minimum Gasteiger partial charge on any atom is -0.219 e. The fourth-order valence-electron chi connectivity index (χ4n) is 1.61. The molecule has 88 valence electrons. The monoisotopic (exact) mass is 310 g/mol. The third-order valence-corrected chi connectivity index (χ3v) is 5.33. The second-order valence-electron chi connectivity index (χ2n) is 3.68. The molecule has 0 atom stereocenters. The van der Waals surface area contributed by atoms with Crippen molar-refractivity contribution in [1.29, 1.82) is 0 Å². The molecular formula is C13H11BrO2S. The first-order valence-corrected chi connectivity index (χ1v) is 7.36. The summed E-state index contributed by atoms with van der Waals surface area (Å²) in [6.07, 6.45) is 0. The average Bonchev–Trinajstić information content (AvgIpc) is 2.33. The zero-order chi connectivity index (χ0) is 12.5. The van der Waals surface area contributed by atoms with Crippen LogP contribution < -0.4 is 0 Å². The van der Waals surface area contributed by atoms with Gasteiger partial charge >= 0.3 is 0 Å². The fourth-order valence-corrected chi connectivity index (χ4v) is 3.64. The SMILES string of the molecule is Cc1c(Br)cccc1S(=O)(=O)c1ccccc1. The van der Waals surface area contributed by atoms with Crippen molar-refractivity contribution >= 4 is 25.8 Å². The number of sulfone groups is 1. The van der Waals surface area contributed by atoms with Crippen LogP contribution in [0.25, 0.3) is 0 Å². The summed E-state index contributed by atoms with van der Waals surface area (Å²) in [5.41, 5.74) is 0.733. The van der Waals surface area contributed by atoms with Gasteiger partial charge in [-0.25, -0.2) is 8.42 Å². The third kappa shape index (κ3) is 2.28. The Morgan fingerprint density at radius 1 is 0.941 bits per heavy atom. The van der Waals surface area contributed by atoms with E-state index in [0.717, 1.165) is 10.0 Å². The van der Waals surface area contributed by atoms with Gasteiger partial charge < -0.3 is 0 Å². The normalized spacial score (nSPS) is 11.4. The molecule has 0 spiro atoms. The number of hydrogen-bond donors (Lipinski definition) is 0. The molecule has 0 saturated heterocycles. The van der Waals surface area contributed by atoms with E-state index < -0.39 is 9.84 Å². The van der Waals surface area contributed by atoms with Crippen molar-refractivity contribution in [3.8, 4) is 0 Å². The largest absolute Gasteiger partial charge is 0.219 e. The molecule has 0 bridgehead atoms. The Morgan fingerprint density at radius 3 is 2.24 bits per heavy atom. The number of rotatable bonds is 2. The maximum Gasteiger partial charge on any atom is 0.206 e. The van der Waals surface area contributed by atoms with E-state index in [9.17, 15) is 8.42 Å². The lowest BCUT2D eigenvalue weighted by atomic mass is 10.2. The van der Waals surface area contributed by atoms with Crippen molar-refractivity contribution in [2.45, 2.75) is 16.7 Å². The number of hydrogen-bond acceptors (Lipinski definition) is 2. The van der Waals surface area contributed by atoms with Crippen LogP contribution in [0.1, 0.15) is 5.56 Å². The van der Waals surface area contributed by atoms with E-state index >= 15 is 0 Å². The molecular weight excluding hydrogens is 300 g/mol. The number of halogens is 1. The second kappa shape index (κ2) is 4.63. The lowest BCUT2D eigenvalue weighted by Gasteiger charge is -2.08. The Hall–Kier alpha value is -1.13. The van der Waals surface area contributed by atoms with Gasteiger partial charge in [0.25, 0.3) is 0 Å². The van der Waals surface area contributed by atoms with Crippen LogP contribution in [0.15, 0.2) is 62.8 Å². The molecule has 0 aliphatic carbocycles. The van der Waals surface area contributed by atoms with Crippen LogP contribution in [-0.4, -0.2) is 8.42 Å². The Morgan fingerprint density at radius 2 is 1.59 bits per heavy atom. The molecule has 0 aliphatic heterocycles. The van der Waals surface area contributed by atoms with Gasteiger partial charge in [0.1, 0.15) is 0 Å². The average molecular weight is 311 g/mol. The molecule has 0 amide bonds. The summed E-state index contributed by atoms with van der Waals surface area (Å²) in [6.45, 7) is 1.79. The first-order valence-electron chi connectivity index (χ1n) is 5.09. The van der Waals surface area contributed by atoms with Crippen LogP contribution in [-0.2, 0) is 9.84 Å². The van der Waals surface area contributed by atoms with Crippen LogP contribution >= 0.6 is 15.9 Å². The quantitative estimate of drug-likeness (QED) is 0.849. The second-order valence-corrected chi connectivity index (χ2v) is 6.45. The minimum atomic E-state index is -3.42. The van der Waals surface area contributed by atoms with Gasteiger partial charge in [0.15, 0.2) is 0 Å². The molecule has 4 heteroatoms. The summed E-state index contributed by atoms with van der Waals surface area (Å²) in [5.74, 6) is 0. The van der Waals surface area contributed by atoms with Gasteiger partial charge in [-0.15, -0.1) is 0 Å². The van der Waals surface area contributed by atoms with Crippen molar-refractivity contribution in [1.82, 2.24) is 0 Å². The molecule has 0 unspecified atom stereocenters. The summed E-state index contributed by atoms with van der Waals surface area (Å²) in [7, 11) is -3.42. The van der Waals surface area contributed by atoms with Crippen molar-refractivity contribution in [3.05, 3.63) is 58.6 Å². The van der Waals surface area contributed by atoms with E-state index in [4.69, 9.17) is 0 Å². The maximum atomic E-state index is 12.4. The Kier molecular flexibility index (Phi) is 3.35. The Bertz CT molecular complexity index is 634. The van der Waals surface area contributed by atoms with Crippen LogP contribution in [0.5, 0.6) is 0 Å². The van der Waals surface area contributed by atoms with Gasteiger partial charge in [-0.3, -0.25) is 0 Å². The van der Waals surface area contributed by atoms with Crippen LogP contribution in [0.4, 0.5) is 0 Å². The highest BCUT2D eigenvalue weighted by molar-refractivity contribution is 9.10. The van der Waals surface area contributed by atoms with E-state index in [1.165, 1.54) is 0 Å². The van der Waals surface area contributed by atoms with Gasteiger partial charge in [0.05, 0.1) is 9.79 Å². The van der Waals surface area contributed by atoms with Gasteiger partial charge in [0.2, 0.25) is 9.84 Å². The molecule has 17 heavy (non-hydrogen) atoms. The molecule has 0 fully saturated rings. The predicted octanol–water partition coefficient (Wildman–Crippen LogP) is 3.59. The lowest BCUT2D eigenvalue weighted by molar-refractivity contribution is 0.595. The van der Waals surface area contributed by atoms with Gasteiger partial charge in [-0.05, 0) is 36.8 Å². The third-order valence-electron chi connectivity index (χ3n) is 2.56. The molecule has 0 aromatic heterocycles. The molecule has 2 rings (SSSR count). The highest BCUT2D eigenvalue weighted by Gasteiger charge is 2.20. The summed E-state index contributed by atoms with van der Waals surface area (Å²) in [4.78, 5) is 0.666. The topological polar surface area (TPSA) is 34.1 Å². The summed E-state index contributed by atoms with van der Waals surface area (Å²) >= 11 is 3.35. The highest BCUT2D eigenvalue weighted by atomic mass is 79.9. The van der Waals surface area contributed by atoms with Crippen LogP contribution in [0.2, 0.25) is 0 Å². The smallest absolute Gasteiger partial charge is 0.206 e. The van der Waals surface area contributed by atoms with Crippen molar-refractivity contribution < 1.29 is 8.42 Å². The molecule has 0 N–H and O–H groups in total. The van der Waals surface area contributed by atoms with E-state index in [1.807, 2.05) is 6.07 Å². The predicted molar refractivity (Wildman–Crippen MR) is 70.8 cm³/mol. The molecule has 0 saturated carbocycles. The molecule has 0 heterocycles. The van der Waals surface area contributed by atoms with Crippen molar-refractivity contribution in [2.24, 2.45) is 0 Å². The molecule has 2 nitrogen and oxygen atoms in total. The Labute approximate surface area is 109 Å². The van der Waals surface area contributed by atoms with Crippen molar-refractivity contribution in [2.75, 3.05) is 0 Å². The number of benzene rings is 2. The van der Waals surface area contributed by atoms with Crippen LogP contribution in [0, 0.1) is 6.92 Å². The lowest BCUT2D eigenvalue weighted by Crippen LogP contribution is -2.04. The van der Waals surface area contributed by atoms with Gasteiger partial charge in [-0.1, -0.05) is 40.2 Å². The zero-order valence-electron chi connectivity index (χ0n) is 9.22. The fraction of sp³-hybridized carbons (Fsp3) is 0.0769. The molecule has 0 radical (unpaired) electrons. The highest BCUT2D eigenvalue weighted by Crippen LogP contribution is 2.27. The standard InChI is InChI=1S/C13H11BrO2S/c1-10-12(14)8-5-9-13(10)17(15,16)11-6-3-2-4-7-11/h2-9H,1H3. The first kappa shape index (κ1) is 12.3. The summed E-state index contributed by atoms with van der Waals surface area (Å²) < 4.78 is 25.6. The van der Waals surface area contributed by atoms with E-state index in [1.54, 1.807) is 49.4 Å². The molecule has 0 aliphatic rings. The van der Waals surface area contributed by atoms with Gasteiger partial charge in [-0.2, -0.15) is 0 Å². The van der Waals surface area contributed by atoms with E-state index in [2.05, 4.69) is 15.9 Å². The Balaban J connectivity index is 2.65. The molecule has 2 aromatic carbocycles. The minimum absolute atomic E-state index is 0.321. The van der Waals surface area contributed by atoms with E-state index in [0.29, 0.717) is 9.79 Å². The van der Waals surface area contributed by atoms with E-state index in [-0.39, 0.29) is 0 Å². The summed E-state index contributed by atoms with van der Waals surface area (Å²) in [6, 6.07) is 13.6. The summed E-state index contributed by atoms with van der Waals surface area (Å²) in [5, 5.41) is 0. The zero-order valence-corrected chi connectivity index (χ0v) is 11.6. The molecule has 2 aromatic rings. The van der Waals surface area contributed by atoms with Crippen LogP contribution in [0.3, 0.4) is 0 Å². The van der Waals surface area contributed by atoms with Gasteiger partial charge in [0, 0.05) is 4.47 Å².